The van der Waals surface area contributed by atoms with E-state index in [0.29, 0.717) is 5.92 Å². The van der Waals surface area contributed by atoms with Crippen molar-refractivity contribution in [2.24, 2.45) is 5.92 Å². The molecule has 5 rings (SSSR count). The minimum Gasteiger partial charge on any atom is -0.345 e. The third kappa shape index (κ3) is 6.73. The molecule has 0 aliphatic heterocycles. The van der Waals surface area contributed by atoms with Crippen LogP contribution in [0.15, 0.2) is 114 Å². The van der Waals surface area contributed by atoms with Crippen molar-refractivity contribution >= 4 is 17.7 Å². The Labute approximate surface area is 229 Å². The fourth-order valence-corrected chi connectivity index (χ4v) is 6.36. The molecule has 38 heavy (non-hydrogen) atoms. The van der Waals surface area contributed by atoms with E-state index in [2.05, 4.69) is 66.0 Å². The first-order valence-electron chi connectivity index (χ1n) is 13.5. The second-order valence-corrected chi connectivity index (χ2v) is 11.2. The molecule has 194 valence electrons. The van der Waals surface area contributed by atoms with Gasteiger partial charge < -0.3 is 5.32 Å². The minimum atomic E-state index is -0.355. The summed E-state index contributed by atoms with van der Waals surface area (Å²) in [7, 11) is 0. The van der Waals surface area contributed by atoms with Gasteiger partial charge in [0.15, 0.2) is 0 Å². The summed E-state index contributed by atoms with van der Waals surface area (Å²) in [5.41, 5.74) is 4.22. The van der Waals surface area contributed by atoms with Crippen LogP contribution in [0.3, 0.4) is 0 Å². The van der Waals surface area contributed by atoms with E-state index in [1.54, 1.807) is 23.9 Å². The number of carbonyl (C=O) groups is 1. The van der Waals surface area contributed by atoms with Crippen molar-refractivity contribution < 1.29 is 9.18 Å². The van der Waals surface area contributed by atoms with Crippen LogP contribution in [0.4, 0.5) is 4.39 Å². The van der Waals surface area contributed by atoms with Gasteiger partial charge in [-0.15, -0.1) is 11.8 Å². The zero-order valence-corrected chi connectivity index (χ0v) is 22.4. The quantitative estimate of drug-likeness (QED) is 0.222. The standard InChI is InChI=1S/C34H34FNOS/c35-30-20-16-28(17-21-30)33(29-18-22-31(23-19-29)38-24-25-10-4-1-5-11-25)36-34(37)32(26-12-6-2-7-13-26)27-14-8-3-9-15-27/h1-2,4-7,10-13,16-23,27,32-33H,3,8-9,14-15,24H2,(H,36,37). The number of halogens is 1. The number of thioether (sulfide) groups is 1. The van der Waals surface area contributed by atoms with Crippen LogP contribution >= 0.6 is 11.8 Å². The Kier molecular flexibility index (Phi) is 8.93. The van der Waals surface area contributed by atoms with E-state index >= 15 is 0 Å². The van der Waals surface area contributed by atoms with E-state index in [4.69, 9.17) is 0 Å². The van der Waals surface area contributed by atoms with Gasteiger partial charge in [0.1, 0.15) is 5.82 Å². The van der Waals surface area contributed by atoms with Gasteiger partial charge in [-0.05, 0) is 65.3 Å². The van der Waals surface area contributed by atoms with E-state index in [-0.39, 0.29) is 23.7 Å². The summed E-state index contributed by atoms with van der Waals surface area (Å²) in [5, 5.41) is 3.37. The third-order valence-electron chi connectivity index (χ3n) is 7.51. The second kappa shape index (κ2) is 12.9. The van der Waals surface area contributed by atoms with Gasteiger partial charge in [0, 0.05) is 10.6 Å². The molecule has 0 spiro atoms. The molecule has 0 radical (unpaired) electrons. The number of amides is 1. The summed E-state index contributed by atoms with van der Waals surface area (Å²) < 4.78 is 13.8. The van der Waals surface area contributed by atoms with Gasteiger partial charge in [-0.2, -0.15) is 0 Å². The first-order valence-corrected chi connectivity index (χ1v) is 14.5. The van der Waals surface area contributed by atoms with Crippen LogP contribution in [0, 0.1) is 11.7 Å². The normalized spacial score (nSPS) is 15.5. The Bertz CT molecular complexity index is 1290. The van der Waals surface area contributed by atoms with Crippen molar-refractivity contribution in [1.82, 2.24) is 5.32 Å². The Morgan fingerprint density at radius 3 is 1.95 bits per heavy atom. The van der Waals surface area contributed by atoms with Crippen LogP contribution < -0.4 is 5.32 Å². The molecule has 4 aromatic rings. The van der Waals surface area contributed by atoms with Crippen LogP contribution in [-0.4, -0.2) is 5.91 Å². The van der Waals surface area contributed by atoms with Crippen LogP contribution in [0.25, 0.3) is 0 Å². The van der Waals surface area contributed by atoms with Crippen molar-refractivity contribution in [3.63, 3.8) is 0 Å². The van der Waals surface area contributed by atoms with Gasteiger partial charge in [-0.1, -0.05) is 104 Å². The highest BCUT2D eigenvalue weighted by atomic mass is 32.2. The molecule has 1 fully saturated rings. The topological polar surface area (TPSA) is 29.1 Å². The summed E-state index contributed by atoms with van der Waals surface area (Å²) in [4.78, 5) is 15.2. The number of benzene rings is 4. The molecule has 0 heterocycles. The van der Waals surface area contributed by atoms with Crippen molar-refractivity contribution in [1.29, 1.82) is 0 Å². The lowest BCUT2D eigenvalue weighted by Crippen LogP contribution is -2.37. The molecule has 2 atom stereocenters. The largest absolute Gasteiger partial charge is 0.345 e. The van der Waals surface area contributed by atoms with Crippen molar-refractivity contribution in [2.75, 3.05) is 0 Å². The zero-order chi connectivity index (χ0) is 26.2. The van der Waals surface area contributed by atoms with Gasteiger partial charge in [0.2, 0.25) is 5.91 Å². The fraction of sp³-hybridized carbons (Fsp3) is 0.265. The highest BCUT2D eigenvalue weighted by Crippen LogP contribution is 2.37. The highest BCUT2D eigenvalue weighted by Gasteiger charge is 2.32. The van der Waals surface area contributed by atoms with Crippen LogP contribution in [0.2, 0.25) is 0 Å². The van der Waals surface area contributed by atoms with Gasteiger partial charge in [-0.25, -0.2) is 4.39 Å². The predicted molar refractivity (Wildman–Crippen MR) is 155 cm³/mol. The van der Waals surface area contributed by atoms with Crippen molar-refractivity contribution in [2.45, 2.75) is 54.7 Å². The first-order chi connectivity index (χ1) is 18.7. The lowest BCUT2D eigenvalue weighted by atomic mass is 9.76. The predicted octanol–water partition coefficient (Wildman–Crippen LogP) is 8.69. The Balaban J connectivity index is 1.39. The Morgan fingerprint density at radius 2 is 1.32 bits per heavy atom. The second-order valence-electron chi connectivity index (χ2n) is 10.1. The summed E-state index contributed by atoms with van der Waals surface area (Å²) in [5.74, 6) is 0.797. The van der Waals surface area contributed by atoms with Crippen LogP contribution in [0.5, 0.6) is 0 Å². The highest BCUT2D eigenvalue weighted by molar-refractivity contribution is 7.98. The molecule has 0 aromatic heterocycles. The van der Waals surface area contributed by atoms with E-state index < -0.39 is 0 Å². The van der Waals surface area contributed by atoms with Crippen molar-refractivity contribution in [3.05, 3.63) is 137 Å². The Hall–Kier alpha value is -3.37. The number of nitrogens with one attached hydrogen (secondary N) is 1. The molecule has 1 aliphatic rings. The minimum absolute atomic E-state index is 0.0416. The van der Waals surface area contributed by atoms with Gasteiger partial charge in [0.05, 0.1) is 12.0 Å². The maximum atomic E-state index is 14.0. The lowest BCUT2D eigenvalue weighted by Gasteiger charge is -2.31. The van der Waals surface area contributed by atoms with Crippen molar-refractivity contribution in [3.8, 4) is 0 Å². The smallest absolute Gasteiger partial charge is 0.228 e. The number of hydrogen-bond donors (Lipinski definition) is 1. The van der Waals surface area contributed by atoms with E-state index in [1.165, 1.54) is 41.9 Å². The molecule has 0 bridgehead atoms. The molecule has 1 aliphatic carbocycles. The monoisotopic (exact) mass is 523 g/mol. The molecule has 2 unspecified atom stereocenters. The summed E-state index contributed by atoms with van der Waals surface area (Å²) >= 11 is 1.79. The number of carbonyl (C=O) groups excluding carboxylic acids is 1. The maximum Gasteiger partial charge on any atom is 0.228 e. The summed E-state index contributed by atoms with van der Waals surface area (Å²) in [6, 6.07) is 35.1. The SMILES string of the molecule is O=C(NC(c1ccc(F)cc1)c1ccc(SCc2ccccc2)cc1)C(c1ccccc1)C1CCCCC1. The maximum absolute atomic E-state index is 14.0. The molecule has 2 nitrogen and oxygen atoms in total. The summed E-state index contributed by atoms with van der Waals surface area (Å²) in [6.07, 6.45) is 5.73. The van der Waals surface area contributed by atoms with Gasteiger partial charge in [0.25, 0.3) is 0 Å². The van der Waals surface area contributed by atoms with Crippen LogP contribution in [0.1, 0.15) is 66.3 Å². The number of hydrogen-bond acceptors (Lipinski definition) is 2. The van der Waals surface area contributed by atoms with Crippen LogP contribution in [-0.2, 0) is 10.5 Å². The molecule has 4 aromatic carbocycles. The van der Waals surface area contributed by atoms with Gasteiger partial charge in [-0.3, -0.25) is 4.79 Å². The molecular weight excluding hydrogens is 489 g/mol. The zero-order valence-electron chi connectivity index (χ0n) is 21.6. The molecule has 1 N–H and O–H groups in total. The van der Waals surface area contributed by atoms with E-state index in [9.17, 15) is 9.18 Å². The lowest BCUT2D eigenvalue weighted by molar-refractivity contribution is -0.124. The molecular formula is C34H34FNOS. The molecule has 4 heteroatoms. The fourth-order valence-electron chi connectivity index (χ4n) is 5.51. The molecule has 1 saturated carbocycles. The molecule has 0 saturated heterocycles. The Morgan fingerprint density at radius 1 is 0.737 bits per heavy atom. The average Bonchev–Trinajstić information content (AvgIpc) is 2.97. The van der Waals surface area contributed by atoms with E-state index in [1.807, 2.05) is 24.3 Å². The first kappa shape index (κ1) is 26.2. The number of rotatable bonds is 9. The summed E-state index contributed by atoms with van der Waals surface area (Å²) in [6.45, 7) is 0. The van der Waals surface area contributed by atoms with Gasteiger partial charge >= 0.3 is 0 Å². The average molecular weight is 524 g/mol. The van der Waals surface area contributed by atoms with E-state index in [0.717, 1.165) is 35.3 Å². The molecule has 1 amide bonds. The third-order valence-corrected chi connectivity index (χ3v) is 8.60.